The van der Waals surface area contributed by atoms with Crippen LogP contribution in [0, 0.1) is 5.92 Å². The highest BCUT2D eigenvalue weighted by Gasteiger charge is 2.21. The van der Waals surface area contributed by atoms with Gasteiger partial charge in [-0.3, -0.25) is 14.6 Å². The second-order valence-electron chi connectivity index (χ2n) is 8.17. The molecule has 1 aliphatic heterocycles. The molecule has 0 atom stereocenters. The summed E-state index contributed by atoms with van der Waals surface area (Å²) in [4.78, 5) is 38.7. The summed E-state index contributed by atoms with van der Waals surface area (Å²) in [6.07, 6.45) is 8.83. The predicted molar refractivity (Wildman–Crippen MR) is 137 cm³/mol. The van der Waals surface area contributed by atoms with Crippen LogP contribution in [0.3, 0.4) is 0 Å². The molecule has 0 spiro atoms. The zero-order valence-corrected chi connectivity index (χ0v) is 20.3. The van der Waals surface area contributed by atoms with Crippen molar-refractivity contribution < 1.29 is 14.0 Å². The van der Waals surface area contributed by atoms with Gasteiger partial charge in [0.1, 0.15) is 5.69 Å². The van der Waals surface area contributed by atoms with E-state index >= 15 is 0 Å². The maximum absolute atomic E-state index is 12.0. The lowest BCUT2D eigenvalue weighted by atomic mass is 9.97. The Balaban J connectivity index is 1.28. The highest BCUT2D eigenvalue weighted by molar-refractivity contribution is 8.16. The van der Waals surface area contributed by atoms with Crippen LogP contribution in [0.15, 0.2) is 58.3 Å². The number of likely N-dealkylation sites (N-methyl/N-ethyl adjacent to an activating group) is 1. The Bertz CT molecular complexity index is 1160. The fourth-order valence-electron chi connectivity index (χ4n) is 3.96. The van der Waals surface area contributed by atoms with Gasteiger partial charge in [-0.2, -0.15) is 0 Å². The molecule has 0 unspecified atom stereocenters. The van der Waals surface area contributed by atoms with Gasteiger partial charge >= 0.3 is 0 Å². The molecule has 4 heterocycles. The number of rotatable bonds is 10. The van der Waals surface area contributed by atoms with Crippen molar-refractivity contribution in [3.8, 4) is 11.5 Å². The topological polar surface area (TPSA) is 113 Å². The Kier molecular flexibility index (Phi) is 8.63. The maximum Gasteiger partial charge on any atom is 0.257 e. The lowest BCUT2D eigenvalue weighted by molar-refractivity contribution is -0.116. The third kappa shape index (κ3) is 6.77. The minimum absolute atomic E-state index is 0.294. The largest absolute Gasteiger partial charge is 0.463 e. The summed E-state index contributed by atoms with van der Waals surface area (Å²) in [5, 5.41) is 6.11. The molecule has 10 heteroatoms. The van der Waals surface area contributed by atoms with Crippen LogP contribution >= 0.6 is 11.8 Å². The number of nitrogens with one attached hydrogen (secondary N) is 2. The molecule has 35 heavy (non-hydrogen) atoms. The minimum Gasteiger partial charge on any atom is -0.463 e. The van der Waals surface area contributed by atoms with Crippen LogP contribution in [0.5, 0.6) is 0 Å². The molecule has 1 saturated heterocycles. The SMILES string of the molecule is CNC(=O)/C(=C/c1ccnc(N2CCC(CNCc3ccnc(-c4ccco4)c3)CC2)n1)SC=O. The number of hydrogen-bond acceptors (Lipinski definition) is 9. The molecule has 0 aromatic carbocycles. The summed E-state index contributed by atoms with van der Waals surface area (Å²) in [5.74, 6) is 1.66. The van der Waals surface area contributed by atoms with Gasteiger partial charge < -0.3 is 20.0 Å². The Morgan fingerprint density at radius 1 is 1.23 bits per heavy atom. The number of furan rings is 1. The molecule has 3 aromatic heterocycles. The van der Waals surface area contributed by atoms with Crippen LogP contribution in [0.4, 0.5) is 5.95 Å². The van der Waals surface area contributed by atoms with Crippen molar-refractivity contribution in [2.75, 3.05) is 31.6 Å². The number of carbonyl (C=O) groups is 2. The normalized spacial score (nSPS) is 14.7. The fourth-order valence-corrected chi connectivity index (χ4v) is 4.46. The predicted octanol–water partition coefficient (Wildman–Crippen LogP) is 3.15. The van der Waals surface area contributed by atoms with Gasteiger partial charge in [0.25, 0.3) is 5.91 Å². The number of thioether (sulfide) groups is 1. The third-order valence-electron chi connectivity index (χ3n) is 5.83. The minimum atomic E-state index is -0.320. The first-order valence-corrected chi connectivity index (χ1v) is 12.4. The average molecular weight is 493 g/mol. The number of piperidine rings is 1. The standard InChI is InChI=1S/C25H28N6O3S/c1-26-24(33)23(35-17-32)14-20-5-9-29-25(30-20)31-10-6-18(7-11-31)15-27-16-19-4-8-28-21(13-19)22-3-2-12-34-22/h2-5,8-9,12-14,17-18,27H,6-7,10-11,15-16H2,1H3,(H,26,33)/b23-14-. The molecular weight excluding hydrogens is 464 g/mol. The molecule has 1 aliphatic rings. The Labute approximate surface area is 208 Å². The zero-order valence-electron chi connectivity index (χ0n) is 19.5. The Morgan fingerprint density at radius 2 is 2.06 bits per heavy atom. The first-order chi connectivity index (χ1) is 17.2. The van der Waals surface area contributed by atoms with Crippen molar-refractivity contribution in [3.05, 3.63) is 65.2 Å². The molecule has 1 fully saturated rings. The zero-order chi connectivity index (χ0) is 24.5. The molecule has 182 valence electrons. The molecule has 4 rings (SSSR count). The van der Waals surface area contributed by atoms with Crippen molar-refractivity contribution in [3.63, 3.8) is 0 Å². The van der Waals surface area contributed by atoms with Crippen molar-refractivity contribution >= 4 is 35.3 Å². The summed E-state index contributed by atoms with van der Waals surface area (Å²) in [5.41, 5.74) is 3.24. The van der Waals surface area contributed by atoms with E-state index in [0.29, 0.717) is 28.1 Å². The quantitative estimate of drug-likeness (QED) is 0.325. The van der Waals surface area contributed by atoms with Gasteiger partial charge in [-0.15, -0.1) is 0 Å². The van der Waals surface area contributed by atoms with Crippen molar-refractivity contribution in [2.24, 2.45) is 5.92 Å². The van der Waals surface area contributed by atoms with E-state index < -0.39 is 0 Å². The number of carbonyl (C=O) groups excluding carboxylic acids is 2. The number of anilines is 1. The second kappa shape index (κ2) is 12.3. The van der Waals surface area contributed by atoms with E-state index in [1.165, 1.54) is 12.6 Å². The van der Waals surface area contributed by atoms with Crippen molar-refractivity contribution in [1.82, 2.24) is 25.6 Å². The molecule has 0 aliphatic carbocycles. The van der Waals surface area contributed by atoms with E-state index in [0.717, 1.165) is 62.2 Å². The van der Waals surface area contributed by atoms with Crippen molar-refractivity contribution in [2.45, 2.75) is 19.4 Å². The lowest BCUT2D eigenvalue weighted by Gasteiger charge is -2.32. The van der Waals surface area contributed by atoms with Crippen molar-refractivity contribution in [1.29, 1.82) is 0 Å². The second-order valence-corrected chi connectivity index (χ2v) is 9.04. The summed E-state index contributed by atoms with van der Waals surface area (Å²) < 4.78 is 5.44. The number of nitrogens with zero attached hydrogens (tertiary/aromatic N) is 4. The van der Waals surface area contributed by atoms with Crippen LogP contribution in [0.25, 0.3) is 17.5 Å². The molecule has 0 radical (unpaired) electrons. The van der Waals surface area contributed by atoms with Gasteiger partial charge in [0.05, 0.1) is 16.9 Å². The van der Waals surface area contributed by atoms with Gasteiger partial charge in [0, 0.05) is 39.1 Å². The van der Waals surface area contributed by atoms with Crippen LogP contribution in [-0.2, 0) is 16.1 Å². The van der Waals surface area contributed by atoms with E-state index in [1.807, 2.05) is 24.4 Å². The molecule has 0 bridgehead atoms. The summed E-state index contributed by atoms with van der Waals surface area (Å²) in [6.45, 7) is 3.44. The lowest BCUT2D eigenvalue weighted by Crippen LogP contribution is -2.38. The van der Waals surface area contributed by atoms with Gasteiger partial charge in [-0.25, -0.2) is 9.97 Å². The van der Waals surface area contributed by atoms with Gasteiger partial charge in [-0.05, 0) is 79.0 Å². The molecule has 9 nitrogen and oxygen atoms in total. The first-order valence-electron chi connectivity index (χ1n) is 11.5. The average Bonchev–Trinajstić information content (AvgIpc) is 3.44. The maximum atomic E-state index is 12.0. The third-order valence-corrected chi connectivity index (χ3v) is 6.48. The smallest absolute Gasteiger partial charge is 0.257 e. The van der Waals surface area contributed by atoms with Crippen LogP contribution in [0.1, 0.15) is 24.1 Å². The summed E-state index contributed by atoms with van der Waals surface area (Å²) >= 11 is 0.831. The molecule has 0 saturated carbocycles. The van der Waals surface area contributed by atoms with Gasteiger partial charge in [0.15, 0.2) is 11.4 Å². The van der Waals surface area contributed by atoms with E-state index in [9.17, 15) is 9.59 Å². The van der Waals surface area contributed by atoms with Crippen LogP contribution < -0.4 is 15.5 Å². The summed E-state index contributed by atoms with van der Waals surface area (Å²) in [7, 11) is 1.53. The van der Waals surface area contributed by atoms with Gasteiger partial charge in [0.2, 0.25) is 5.95 Å². The number of pyridine rings is 1. The fraction of sp³-hybridized carbons (Fsp3) is 0.320. The Hall–Kier alpha value is -3.50. The van der Waals surface area contributed by atoms with Gasteiger partial charge in [-0.1, -0.05) is 0 Å². The molecule has 1 amide bonds. The highest BCUT2D eigenvalue weighted by Crippen LogP contribution is 2.22. The van der Waals surface area contributed by atoms with E-state index in [4.69, 9.17) is 4.42 Å². The molecular formula is C25H28N6O3S. The monoisotopic (exact) mass is 492 g/mol. The van der Waals surface area contributed by atoms with Crippen LogP contribution in [0.2, 0.25) is 0 Å². The van der Waals surface area contributed by atoms with E-state index in [2.05, 4.69) is 36.6 Å². The highest BCUT2D eigenvalue weighted by atomic mass is 32.2. The molecule has 3 aromatic rings. The van der Waals surface area contributed by atoms with E-state index in [1.54, 1.807) is 24.6 Å². The van der Waals surface area contributed by atoms with Crippen LogP contribution in [-0.4, -0.2) is 53.2 Å². The Morgan fingerprint density at radius 3 is 2.80 bits per heavy atom. The summed E-state index contributed by atoms with van der Waals surface area (Å²) in [6, 6.07) is 9.57. The number of aromatic nitrogens is 3. The van der Waals surface area contributed by atoms with E-state index in [-0.39, 0.29) is 5.91 Å². The first kappa shape index (κ1) is 24.6. The number of hydrogen-bond donors (Lipinski definition) is 2. The number of amides is 1. The molecule has 2 N–H and O–H groups in total.